The van der Waals surface area contributed by atoms with E-state index in [9.17, 15) is 4.79 Å². The van der Waals surface area contributed by atoms with Crippen LogP contribution in [0.5, 0.6) is 0 Å². The van der Waals surface area contributed by atoms with Crippen molar-refractivity contribution < 1.29 is 4.79 Å². The van der Waals surface area contributed by atoms with Gasteiger partial charge < -0.3 is 21.7 Å². The summed E-state index contributed by atoms with van der Waals surface area (Å²) in [5.74, 6) is 0. The summed E-state index contributed by atoms with van der Waals surface area (Å²) < 4.78 is 0. The van der Waals surface area contributed by atoms with E-state index in [1.165, 1.54) is 0 Å². The van der Waals surface area contributed by atoms with E-state index in [-0.39, 0.29) is 5.50 Å². The van der Waals surface area contributed by atoms with E-state index >= 15 is 0 Å². The summed E-state index contributed by atoms with van der Waals surface area (Å²) in [6.45, 7) is 0.402. The van der Waals surface area contributed by atoms with Crippen LogP contribution in [-0.4, -0.2) is 18.1 Å². The average Bonchev–Trinajstić information content (AvgIpc) is 2.31. The van der Waals surface area contributed by atoms with Gasteiger partial charge in [0.15, 0.2) is 0 Å². The molecule has 0 bridgehead atoms. The van der Waals surface area contributed by atoms with Gasteiger partial charge in [0, 0.05) is 11.9 Å². The molecule has 0 saturated carbocycles. The molecule has 1 rings (SSSR count). The topological polar surface area (TPSA) is 79.2 Å². The number of hydrogen-bond acceptors (Lipinski definition) is 4. The van der Waals surface area contributed by atoms with Crippen LogP contribution in [0.4, 0.5) is 4.79 Å². The van der Waals surface area contributed by atoms with Gasteiger partial charge in [0.1, 0.15) is 5.50 Å². The molecule has 1 aliphatic heterocycles. The van der Waals surface area contributed by atoms with Gasteiger partial charge in [-0.25, -0.2) is 4.79 Å². The van der Waals surface area contributed by atoms with E-state index in [0.717, 1.165) is 5.70 Å². The van der Waals surface area contributed by atoms with E-state index in [2.05, 4.69) is 28.6 Å². The minimum atomic E-state index is -0.532. The fourth-order valence-electron chi connectivity index (χ4n) is 0.723. The van der Waals surface area contributed by atoms with Crippen molar-refractivity contribution in [3.8, 4) is 0 Å². The fraction of sp³-hybridized carbons (Fsp3) is 0.400. The van der Waals surface area contributed by atoms with E-state index in [1.807, 2.05) is 0 Å². The molecule has 0 spiro atoms. The third-order valence-electron chi connectivity index (χ3n) is 1.19. The van der Waals surface area contributed by atoms with Gasteiger partial charge >= 0.3 is 6.03 Å². The highest BCUT2D eigenvalue weighted by Crippen LogP contribution is 1.98. The van der Waals surface area contributed by atoms with Gasteiger partial charge in [-0.2, -0.15) is 0 Å². The van der Waals surface area contributed by atoms with Crippen molar-refractivity contribution in [2.75, 3.05) is 6.54 Å². The van der Waals surface area contributed by atoms with Crippen molar-refractivity contribution in [3.05, 3.63) is 11.9 Å². The second-order valence-corrected chi connectivity index (χ2v) is 2.62. The lowest BCUT2D eigenvalue weighted by Crippen LogP contribution is -2.34. The van der Waals surface area contributed by atoms with E-state index in [4.69, 9.17) is 5.73 Å². The van der Waals surface area contributed by atoms with Gasteiger partial charge in [0.2, 0.25) is 0 Å². The highest BCUT2D eigenvalue weighted by atomic mass is 32.1. The highest BCUT2D eigenvalue weighted by molar-refractivity contribution is 7.80. The zero-order valence-corrected chi connectivity index (χ0v) is 6.69. The molecule has 62 valence electrons. The molecular weight excluding hydrogens is 164 g/mol. The maximum atomic E-state index is 10.3. The number of amides is 2. The van der Waals surface area contributed by atoms with Crippen LogP contribution in [0.2, 0.25) is 0 Å². The van der Waals surface area contributed by atoms with Gasteiger partial charge in [0.25, 0.3) is 0 Å². The molecule has 0 aromatic heterocycles. The monoisotopic (exact) mass is 174 g/mol. The number of carbonyl (C=O) groups excluding carboxylic acids is 1. The predicted molar refractivity (Wildman–Crippen MR) is 44.7 cm³/mol. The Bertz CT molecular complexity index is 193. The normalized spacial score (nSPS) is 21.5. The molecule has 6 heteroatoms. The molecule has 5 nitrogen and oxygen atoms in total. The lowest BCUT2D eigenvalue weighted by molar-refractivity contribution is 0.249. The van der Waals surface area contributed by atoms with Gasteiger partial charge in [0.05, 0.1) is 6.54 Å². The number of primary amides is 1. The molecule has 1 unspecified atom stereocenters. The van der Waals surface area contributed by atoms with Crippen LogP contribution < -0.4 is 21.7 Å². The predicted octanol–water partition coefficient (Wildman–Crippen LogP) is -1.10. The van der Waals surface area contributed by atoms with Crippen molar-refractivity contribution in [3.63, 3.8) is 0 Å². The first-order valence-electron chi connectivity index (χ1n) is 3.11. The number of nitrogens with two attached hydrogens (primary N) is 1. The van der Waals surface area contributed by atoms with Crippen molar-refractivity contribution in [2.45, 2.75) is 5.50 Å². The highest BCUT2D eigenvalue weighted by Gasteiger charge is 2.09. The summed E-state index contributed by atoms with van der Waals surface area (Å²) in [4.78, 5) is 10.3. The van der Waals surface area contributed by atoms with Crippen LogP contribution in [-0.2, 0) is 0 Å². The summed E-state index contributed by atoms with van der Waals surface area (Å²) >= 11 is 4.08. The molecular formula is C5H10N4OS. The zero-order chi connectivity index (χ0) is 8.27. The summed E-state index contributed by atoms with van der Waals surface area (Å²) in [5.41, 5.74) is 5.66. The van der Waals surface area contributed by atoms with Gasteiger partial charge in [-0.05, 0) is 0 Å². The molecule has 11 heavy (non-hydrogen) atoms. The molecule has 0 aromatic rings. The Morgan fingerprint density at radius 1 is 1.91 bits per heavy atom. The van der Waals surface area contributed by atoms with E-state index < -0.39 is 6.03 Å². The minimum Gasteiger partial charge on any atom is -0.362 e. The molecule has 1 heterocycles. The Labute approximate surface area is 69.8 Å². The molecule has 0 aromatic carbocycles. The Balaban J connectivity index is 2.23. The summed E-state index contributed by atoms with van der Waals surface area (Å²) in [6.07, 6.45) is 1.74. The molecule has 1 aliphatic rings. The van der Waals surface area contributed by atoms with Gasteiger partial charge in [-0.15, -0.1) is 12.6 Å². The Hall–Kier alpha value is -1.04. The standard InChI is InChI=1S/C5H10N4OS/c6-4(10)7-1-3-2-8-5(11)9-3/h2,5,8-9,11H,1H2,(H3,6,7,10). The van der Waals surface area contributed by atoms with Crippen molar-refractivity contribution in [2.24, 2.45) is 5.73 Å². The Morgan fingerprint density at radius 3 is 3.09 bits per heavy atom. The van der Waals surface area contributed by atoms with Crippen molar-refractivity contribution in [1.82, 2.24) is 16.0 Å². The summed E-state index contributed by atoms with van der Waals surface area (Å²) in [5, 5.41) is 8.29. The minimum absolute atomic E-state index is 0.0697. The van der Waals surface area contributed by atoms with Crippen LogP contribution in [0.1, 0.15) is 0 Å². The number of nitrogens with one attached hydrogen (secondary N) is 3. The first-order chi connectivity index (χ1) is 5.18. The van der Waals surface area contributed by atoms with Crippen LogP contribution in [0, 0.1) is 0 Å². The molecule has 2 amide bonds. The maximum Gasteiger partial charge on any atom is 0.312 e. The molecule has 0 fully saturated rings. The van der Waals surface area contributed by atoms with Crippen molar-refractivity contribution in [1.29, 1.82) is 0 Å². The first-order valence-corrected chi connectivity index (χ1v) is 3.63. The van der Waals surface area contributed by atoms with Crippen LogP contribution in [0.3, 0.4) is 0 Å². The third-order valence-corrected chi connectivity index (χ3v) is 1.47. The number of hydrogen-bond donors (Lipinski definition) is 5. The van der Waals surface area contributed by atoms with Crippen molar-refractivity contribution >= 4 is 18.7 Å². The third kappa shape index (κ3) is 2.58. The number of carbonyl (C=O) groups is 1. The number of thiol groups is 1. The van der Waals surface area contributed by atoms with Gasteiger partial charge in [-0.1, -0.05) is 0 Å². The van der Waals surface area contributed by atoms with E-state index in [0.29, 0.717) is 6.54 Å². The molecule has 0 saturated heterocycles. The summed E-state index contributed by atoms with van der Waals surface area (Å²) in [7, 11) is 0. The molecule has 0 aliphatic carbocycles. The zero-order valence-electron chi connectivity index (χ0n) is 5.79. The maximum absolute atomic E-state index is 10.3. The van der Waals surface area contributed by atoms with Gasteiger partial charge in [-0.3, -0.25) is 0 Å². The second-order valence-electron chi connectivity index (χ2n) is 2.10. The molecule has 5 N–H and O–H groups in total. The second kappa shape index (κ2) is 3.38. The first kappa shape index (κ1) is 8.06. The molecule has 1 atom stereocenters. The van der Waals surface area contributed by atoms with E-state index in [1.54, 1.807) is 6.20 Å². The molecule has 0 radical (unpaired) electrons. The van der Waals surface area contributed by atoms with Crippen LogP contribution >= 0.6 is 12.6 Å². The largest absolute Gasteiger partial charge is 0.362 e. The summed E-state index contributed by atoms with van der Waals surface area (Å²) in [6, 6.07) is -0.532. The number of rotatable bonds is 2. The lowest BCUT2D eigenvalue weighted by Gasteiger charge is -2.06. The smallest absolute Gasteiger partial charge is 0.312 e. The quantitative estimate of drug-likeness (QED) is 0.345. The Morgan fingerprint density at radius 2 is 2.64 bits per heavy atom. The SMILES string of the molecule is NC(=O)NCC1=CNC(S)N1. The van der Waals surface area contributed by atoms with Crippen LogP contribution in [0.25, 0.3) is 0 Å². The fourth-order valence-corrected chi connectivity index (χ4v) is 0.963. The number of urea groups is 1. The van der Waals surface area contributed by atoms with Crippen LogP contribution in [0.15, 0.2) is 11.9 Å². The average molecular weight is 174 g/mol. The lowest BCUT2D eigenvalue weighted by atomic mass is 10.5. The Kier molecular flexibility index (Phi) is 2.48.